The van der Waals surface area contributed by atoms with Crippen molar-refractivity contribution < 1.29 is 23.9 Å². The lowest BCUT2D eigenvalue weighted by molar-refractivity contribution is -0.155. The van der Waals surface area contributed by atoms with E-state index in [1.54, 1.807) is 6.07 Å². The van der Waals surface area contributed by atoms with E-state index in [0.29, 0.717) is 17.0 Å². The molecule has 0 spiro atoms. The third-order valence-corrected chi connectivity index (χ3v) is 4.43. The fourth-order valence-corrected chi connectivity index (χ4v) is 2.83. The molecule has 3 rings (SSSR count). The maximum atomic E-state index is 12.3. The number of hydrogen-bond donors (Lipinski definition) is 2. The highest BCUT2D eigenvalue weighted by atomic mass is 16.6. The predicted molar refractivity (Wildman–Crippen MR) is 117 cm³/mol. The molecule has 7 heteroatoms. The molecule has 3 N–H and O–H groups in total. The molecule has 7 nitrogen and oxygen atoms in total. The summed E-state index contributed by atoms with van der Waals surface area (Å²) in [6.07, 6.45) is -1.03. The molecule has 2 amide bonds. The molecule has 0 bridgehead atoms. The first kappa shape index (κ1) is 21.6. The third-order valence-electron chi connectivity index (χ3n) is 4.43. The van der Waals surface area contributed by atoms with Gasteiger partial charge in [0, 0.05) is 16.8 Å². The Morgan fingerprint density at radius 3 is 2.23 bits per heavy atom. The molecule has 3 aromatic rings. The van der Waals surface area contributed by atoms with Gasteiger partial charge in [-0.15, -0.1) is 0 Å². The first-order valence-electron chi connectivity index (χ1n) is 9.61. The fourth-order valence-electron chi connectivity index (χ4n) is 2.83. The van der Waals surface area contributed by atoms with E-state index >= 15 is 0 Å². The minimum atomic E-state index is -1.03. The number of hydrogen-bond acceptors (Lipinski definition) is 5. The molecule has 0 saturated carbocycles. The van der Waals surface area contributed by atoms with Gasteiger partial charge in [-0.1, -0.05) is 48.5 Å². The average molecular weight is 418 g/mol. The molecule has 0 aliphatic heterocycles. The van der Waals surface area contributed by atoms with Crippen molar-refractivity contribution in [1.82, 2.24) is 0 Å². The summed E-state index contributed by atoms with van der Waals surface area (Å²) >= 11 is 0. The van der Waals surface area contributed by atoms with Crippen molar-refractivity contribution in [2.24, 2.45) is 5.73 Å². The fraction of sp³-hybridized carbons (Fsp3) is 0.125. The standard InChI is InChI=1S/C24H22N2O5/c1-16(24(29)26-19-13-11-18(12-14-19)23(25)28)31-22(27)15-30-21-10-6-5-9-20(21)17-7-3-2-4-8-17/h2-14,16H,15H2,1H3,(H2,25,28)(H,26,29)/t16-/m0/s1. The monoisotopic (exact) mass is 418 g/mol. The molecule has 3 aromatic carbocycles. The lowest BCUT2D eigenvalue weighted by atomic mass is 10.1. The zero-order chi connectivity index (χ0) is 22.2. The molecule has 0 unspecified atom stereocenters. The van der Waals surface area contributed by atoms with E-state index in [-0.39, 0.29) is 6.61 Å². The zero-order valence-corrected chi connectivity index (χ0v) is 16.9. The maximum Gasteiger partial charge on any atom is 0.344 e. The number of nitrogens with two attached hydrogens (primary N) is 1. The van der Waals surface area contributed by atoms with Crippen molar-refractivity contribution in [3.8, 4) is 16.9 Å². The summed E-state index contributed by atoms with van der Waals surface area (Å²) < 4.78 is 10.8. The average Bonchev–Trinajstić information content (AvgIpc) is 2.78. The van der Waals surface area contributed by atoms with Crippen LogP contribution in [0.2, 0.25) is 0 Å². The number of nitrogens with one attached hydrogen (secondary N) is 1. The van der Waals surface area contributed by atoms with Gasteiger partial charge in [-0.05, 0) is 42.8 Å². The van der Waals surface area contributed by atoms with Gasteiger partial charge in [0.05, 0.1) is 0 Å². The maximum absolute atomic E-state index is 12.3. The van der Waals surface area contributed by atoms with Gasteiger partial charge in [0.1, 0.15) is 5.75 Å². The van der Waals surface area contributed by atoms with Crippen LogP contribution in [-0.2, 0) is 14.3 Å². The number of rotatable bonds is 8. The minimum absolute atomic E-state index is 0.324. The Kier molecular flexibility index (Phi) is 7.01. The lowest BCUT2D eigenvalue weighted by Gasteiger charge is -2.15. The Bertz CT molecular complexity index is 1060. The molecule has 31 heavy (non-hydrogen) atoms. The normalized spacial score (nSPS) is 11.3. The molecule has 0 fully saturated rings. The van der Waals surface area contributed by atoms with Crippen molar-refractivity contribution >= 4 is 23.5 Å². The molecular weight excluding hydrogens is 396 g/mol. The second-order valence-electron chi connectivity index (χ2n) is 6.71. The summed E-state index contributed by atoms with van der Waals surface area (Å²) in [6.45, 7) is 1.12. The molecule has 0 saturated heterocycles. The summed E-state index contributed by atoms with van der Waals surface area (Å²) in [4.78, 5) is 35.5. The summed E-state index contributed by atoms with van der Waals surface area (Å²) in [7, 11) is 0. The number of carbonyl (C=O) groups excluding carboxylic acids is 3. The van der Waals surface area contributed by atoms with Gasteiger partial charge in [0.15, 0.2) is 12.7 Å². The summed E-state index contributed by atoms with van der Waals surface area (Å²) in [5.41, 5.74) is 7.77. The van der Waals surface area contributed by atoms with E-state index in [1.165, 1.54) is 31.2 Å². The number of ether oxygens (including phenoxy) is 2. The van der Waals surface area contributed by atoms with Crippen LogP contribution in [0.3, 0.4) is 0 Å². The number of benzene rings is 3. The second-order valence-corrected chi connectivity index (χ2v) is 6.71. The first-order chi connectivity index (χ1) is 14.9. The highest BCUT2D eigenvalue weighted by Gasteiger charge is 2.19. The Hall–Kier alpha value is -4.13. The van der Waals surface area contributed by atoms with Crippen LogP contribution in [0.4, 0.5) is 5.69 Å². The third kappa shape index (κ3) is 5.93. The summed E-state index contributed by atoms with van der Waals surface area (Å²) in [6, 6.07) is 23.1. The Labute approximate surface area is 179 Å². The van der Waals surface area contributed by atoms with Crippen LogP contribution in [0.1, 0.15) is 17.3 Å². The topological polar surface area (TPSA) is 108 Å². The van der Waals surface area contributed by atoms with Crippen LogP contribution in [0, 0.1) is 0 Å². The van der Waals surface area contributed by atoms with Crippen molar-refractivity contribution in [1.29, 1.82) is 0 Å². The van der Waals surface area contributed by atoms with Crippen molar-refractivity contribution in [3.63, 3.8) is 0 Å². The van der Waals surface area contributed by atoms with Crippen molar-refractivity contribution in [2.45, 2.75) is 13.0 Å². The van der Waals surface area contributed by atoms with Gasteiger partial charge in [0.2, 0.25) is 5.91 Å². The molecule has 1 atom stereocenters. The van der Waals surface area contributed by atoms with Crippen LogP contribution in [-0.4, -0.2) is 30.5 Å². The van der Waals surface area contributed by atoms with Gasteiger partial charge >= 0.3 is 5.97 Å². The molecule has 0 aromatic heterocycles. The number of amides is 2. The van der Waals surface area contributed by atoms with Crippen LogP contribution < -0.4 is 15.8 Å². The Morgan fingerprint density at radius 2 is 1.55 bits per heavy atom. The number of esters is 1. The number of carbonyl (C=O) groups is 3. The van der Waals surface area contributed by atoms with E-state index in [4.69, 9.17) is 15.2 Å². The largest absolute Gasteiger partial charge is 0.481 e. The van der Waals surface area contributed by atoms with E-state index in [1.807, 2.05) is 48.5 Å². The SMILES string of the molecule is C[C@H](OC(=O)COc1ccccc1-c1ccccc1)C(=O)Nc1ccc(C(N)=O)cc1. The summed E-state index contributed by atoms with van der Waals surface area (Å²) in [5.74, 6) is -1.20. The minimum Gasteiger partial charge on any atom is -0.481 e. The van der Waals surface area contributed by atoms with Crippen molar-refractivity contribution in [3.05, 3.63) is 84.4 Å². The molecular formula is C24H22N2O5. The van der Waals surface area contributed by atoms with Crippen LogP contribution in [0.5, 0.6) is 5.75 Å². The number of primary amides is 1. The van der Waals surface area contributed by atoms with Crippen LogP contribution >= 0.6 is 0 Å². The van der Waals surface area contributed by atoms with E-state index in [9.17, 15) is 14.4 Å². The Morgan fingerprint density at radius 1 is 0.903 bits per heavy atom. The predicted octanol–water partition coefficient (Wildman–Crippen LogP) is 3.40. The van der Waals surface area contributed by atoms with Gasteiger partial charge in [-0.25, -0.2) is 4.79 Å². The Balaban J connectivity index is 1.54. The van der Waals surface area contributed by atoms with Gasteiger partial charge in [0.25, 0.3) is 5.91 Å². The van der Waals surface area contributed by atoms with E-state index < -0.39 is 23.9 Å². The highest BCUT2D eigenvalue weighted by molar-refractivity contribution is 5.96. The van der Waals surface area contributed by atoms with Crippen LogP contribution in [0.25, 0.3) is 11.1 Å². The zero-order valence-electron chi connectivity index (χ0n) is 16.9. The number of para-hydroxylation sites is 1. The van der Waals surface area contributed by atoms with Crippen LogP contribution in [0.15, 0.2) is 78.9 Å². The van der Waals surface area contributed by atoms with E-state index in [0.717, 1.165) is 11.1 Å². The second kappa shape index (κ2) is 10.1. The molecule has 0 radical (unpaired) electrons. The van der Waals surface area contributed by atoms with Crippen molar-refractivity contribution in [2.75, 3.05) is 11.9 Å². The van der Waals surface area contributed by atoms with Gasteiger partial charge in [-0.3, -0.25) is 9.59 Å². The van der Waals surface area contributed by atoms with Gasteiger partial charge in [-0.2, -0.15) is 0 Å². The lowest BCUT2D eigenvalue weighted by Crippen LogP contribution is -2.31. The number of anilines is 1. The summed E-state index contributed by atoms with van der Waals surface area (Å²) in [5, 5.41) is 2.61. The highest BCUT2D eigenvalue weighted by Crippen LogP contribution is 2.29. The van der Waals surface area contributed by atoms with Gasteiger partial charge < -0.3 is 20.5 Å². The molecule has 0 aliphatic rings. The molecule has 158 valence electrons. The smallest absolute Gasteiger partial charge is 0.344 e. The van der Waals surface area contributed by atoms with E-state index in [2.05, 4.69) is 5.32 Å². The first-order valence-corrected chi connectivity index (χ1v) is 9.61. The quantitative estimate of drug-likeness (QED) is 0.545. The molecule has 0 aliphatic carbocycles. The molecule has 0 heterocycles.